The highest BCUT2D eigenvalue weighted by Gasteiger charge is 2.24. The standard InChI is InChI=1S/C50H31NO2/c1-2-13-32(14-3-1)37-22-9-16-34-17-10-23-38(47(34)37)35-18-8-19-36(31-35)51(42-24-11-27-45-48(42)40-21-6-7-26-44(40)52-45)43-25-12-28-46-49(43)41-30-29-33-15-4-5-20-39(33)50(41)53-46/h1-31H. The highest BCUT2D eigenvalue weighted by molar-refractivity contribution is 6.21. The minimum atomic E-state index is 0.848. The summed E-state index contributed by atoms with van der Waals surface area (Å²) in [6, 6.07) is 66.8. The molecule has 0 spiro atoms. The molecule has 11 aromatic rings. The highest BCUT2D eigenvalue weighted by Crippen LogP contribution is 2.48. The van der Waals surface area contributed by atoms with Gasteiger partial charge in [-0.1, -0.05) is 140 Å². The first-order valence-corrected chi connectivity index (χ1v) is 18.0. The molecule has 0 N–H and O–H groups in total. The molecule has 0 atom stereocenters. The van der Waals surface area contributed by atoms with Crippen molar-refractivity contribution in [3.05, 3.63) is 188 Å². The molecule has 3 nitrogen and oxygen atoms in total. The number of hydrogen-bond donors (Lipinski definition) is 0. The SMILES string of the molecule is c1ccc(-c2cccc3cccc(-c4cccc(N(c5cccc6oc7ccccc7c56)c5cccc6oc7c8ccccc8ccc7c56)c4)c23)cc1. The van der Waals surface area contributed by atoms with Gasteiger partial charge in [0.15, 0.2) is 0 Å². The predicted molar refractivity (Wildman–Crippen MR) is 222 cm³/mol. The molecule has 0 aliphatic heterocycles. The molecule has 0 fully saturated rings. The topological polar surface area (TPSA) is 29.5 Å². The molecule has 11 rings (SSSR count). The number of hydrogen-bond acceptors (Lipinski definition) is 3. The van der Waals surface area contributed by atoms with Crippen molar-refractivity contribution >= 4 is 82.5 Å². The molecule has 0 amide bonds. The second-order valence-corrected chi connectivity index (χ2v) is 13.6. The second kappa shape index (κ2) is 11.7. The molecule has 0 saturated carbocycles. The van der Waals surface area contributed by atoms with Gasteiger partial charge in [0.1, 0.15) is 22.3 Å². The van der Waals surface area contributed by atoms with Crippen LogP contribution in [0.1, 0.15) is 0 Å². The Morgan fingerprint density at radius 2 is 0.925 bits per heavy atom. The van der Waals surface area contributed by atoms with Gasteiger partial charge in [0, 0.05) is 21.8 Å². The molecule has 248 valence electrons. The molecule has 0 radical (unpaired) electrons. The van der Waals surface area contributed by atoms with E-state index >= 15 is 0 Å². The molecule has 9 aromatic carbocycles. The van der Waals surface area contributed by atoms with Crippen LogP contribution in [0, 0.1) is 0 Å². The van der Waals surface area contributed by atoms with Gasteiger partial charge < -0.3 is 13.7 Å². The summed E-state index contributed by atoms with van der Waals surface area (Å²) in [5, 5.41) is 9.02. The van der Waals surface area contributed by atoms with Gasteiger partial charge in [0.25, 0.3) is 0 Å². The van der Waals surface area contributed by atoms with Crippen LogP contribution in [0.3, 0.4) is 0 Å². The Bertz CT molecular complexity index is 3180. The number of para-hydroxylation sites is 1. The predicted octanol–water partition coefficient (Wildman–Crippen LogP) is 14.6. The zero-order valence-corrected chi connectivity index (χ0v) is 28.7. The molecule has 0 unspecified atom stereocenters. The van der Waals surface area contributed by atoms with Crippen molar-refractivity contribution < 1.29 is 8.83 Å². The third-order valence-corrected chi connectivity index (χ3v) is 10.6. The Labute approximate surface area is 305 Å². The lowest BCUT2D eigenvalue weighted by Crippen LogP contribution is -2.11. The summed E-state index contributed by atoms with van der Waals surface area (Å²) in [5.41, 5.74) is 11.3. The fourth-order valence-electron chi connectivity index (χ4n) is 8.32. The Hall–Kier alpha value is -7.10. The van der Waals surface area contributed by atoms with Crippen molar-refractivity contribution in [2.24, 2.45) is 0 Å². The molecular formula is C50H31NO2. The fraction of sp³-hybridized carbons (Fsp3) is 0. The van der Waals surface area contributed by atoms with Crippen molar-refractivity contribution in [3.63, 3.8) is 0 Å². The first-order chi connectivity index (χ1) is 26.3. The lowest BCUT2D eigenvalue weighted by Gasteiger charge is -2.27. The molecule has 0 bridgehead atoms. The number of furan rings is 2. The minimum Gasteiger partial charge on any atom is -0.456 e. The summed E-state index contributed by atoms with van der Waals surface area (Å²) in [6.45, 7) is 0. The molecule has 2 aromatic heterocycles. The van der Waals surface area contributed by atoms with Gasteiger partial charge in [-0.3, -0.25) is 0 Å². The van der Waals surface area contributed by atoms with E-state index in [0.717, 1.165) is 77.3 Å². The van der Waals surface area contributed by atoms with E-state index in [0.29, 0.717) is 0 Å². The maximum Gasteiger partial charge on any atom is 0.143 e. The van der Waals surface area contributed by atoms with E-state index in [4.69, 9.17) is 8.83 Å². The summed E-state index contributed by atoms with van der Waals surface area (Å²) < 4.78 is 13.2. The van der Waals surface area contributed by atoms with Crippen molar-refractivity contribution in [1.29, 1.82) is 0 Å². The summed E-state index contributed by atoms with van der Waals surface area (Å²) in [5.74, 6) is 0. The van der Waals surface area contributed by atoms with E-state index in [1.165, 1.54) is 27.5 Å². The van der Waals surface area contributed by atoms with Crippen LogP contribution in [-0.2, 0) is 0 Å². The Balaban J connectivity index is 1.21. The van der Waals surface area contributed by atoms with Gasteiger partial charge >= 0.3 is 0 Å². The van der Waals surface area contributed by atoms with Crippen LogP contribution in [0.15, 0.2) is 197 Å². The van der Waals surface area contributed by atoms with E-state index < -0.39 is 0 Å². The molecule has 3 heteroatoms. The quantitative estimate of drug-likeness (QED) is 0.182. The molecular weight excluding hydrogens is 647 g/mol. The van der Waals surface area contributed by atoms with E-state index in [9.17, 15) is 0 Å². The average molecular weight is 678 g/mol. The number of fused-ring (bicyclic) bond motifs is 9. The van der Waals surface area contributed by atoms with E-state index in [1.54, 1.807) is 0 Å². The second-order valence-electron chi connectivity index (χ2n) is 13.6. The van der Waals surface area contributed by atoms with Gasteiger partial charge in [0.05, 0.1) is 22.1 Å². The number of nitrogens with zero attached hydrogens (tertiary/aromatic N) is 1. The normalized spacial score (nSPS) is 11.8. The van der Waals surface area contributed by atoms with E-state index in [1.807, 2.05) is 12.1 Å². The van der Waals surface area contributed by atoms with Gasteiger partial charge in [-0.05, 0) is 86.9 Å². The van der Waals surface area contributed by atoms with E-state index in [-0.39, 0.29) is 0 Å². The average Bonchev–Trinajstić information content (AvgIpc) is 3.81. The Morgan fingerprint density at radius 1 is 0.340 bits per heavy atom. The molecule has 0 aliphatic carbocycles. The Morgan fingerprint density at radius 3 is 1.74 bits per heavy atom. The van der Waals surface area contributed by atoms with Crippen molar-refractivity contribution in [2.75, 3.05) is 4.90 Å². The fourth-order valence-corrected chi connectivity index (χ4v) is 8.32. The van der Waals surface area contributed by atoms with Crippen molar-refractivity contribution in [3.8, 4) is 22.3 Å². The summed E-state index contributed by atoms with van der Waals surface area (Å²) in [7, 11) is 0. The smallest absolute Gasteiger partial charge is 0.143 e. The summed E-state index contributed by atoms with van der Waals surface area (Å²) in [4.78, 5) is 2.39. The van der Waals surface area contributed by atoms with Crippen LogP contribution < -0.4 is 4.90 Å². The van der Waals surface area contributed by atoms with Crippen LogP contribution in [0.4, 0.5) is 17.1 Å². The first-order valence-electron chi connectivity index (χ1n) is 18.0. The maximum atomic E-state index is 6.72. The van der Waals surface area contributed by atoms with Crippen LogP contribution in [0.2, 0.25) is 0 Å². The Kier molecular flexibility index (Phi) is 6.55. The maximum absolute atomic E-state index is 6.72. The van der Waals surface area contributed by atoms with Crippen LogP contribution in [0.25, 0.3) is 87.7 Å². The van der Waals surface area contributed by atoms with Crippen LogP contribution in [-0.4, -0.2) is 0 Å². The number of anilines is 3. The number of rotatable bonds is 5. The third kappa shape index (κ3) is 4.61. The van der Waals surface area contributed by atoms with Crippen molar-refractivity contribution in [2.45, 2.75) is 0 Å². The van der Waals surface area contributed by atoms with Gasteiger partial charge in [-0.25, -0.2) is 0 Å². The highest BCUT2D eigenvalue weighted by atomic mass is 16.3. The van der Waals surface area contributed by atoms with Crippen molar-refractivity contribution in [1.82, 2.24) is 0 Å². The van der Waals surface area contributed by atoms with Crippen LogP contribution >= 0.6 is 0 Å². The lowest BCUT2D eigenvalue weighted by molar-refractivity contribution is 0.669. The van der Waals surface area contributed by atoms with Gasteiger partial charge in [-0.2, -0.15) is 0 Å². The first kappa shape index (κ1) is 29.6. The van der Waals surface area contributed by atoms with Crippen LogP contribution in [0.5, 0.6) is 0 Å². The van der Waals surface area contributed by atoms with E-state index in [2.05, 4.69) is 181 Å². The monoisotopic (exact) mass is 677 g/mol. The molecule has 0 aliphatic rings. The lowest BCUT2D eigenvalue weighted by atomic mass is 9.91. The molecule has 53 heavy (non-hydrogen) atoms. The molecule has 2 heterocycles. The number of benzene rings is 9. The molecule has 0 saturated heterocycles. The van der Waals surface area contributed by atoms with Gasteiger partial charge in [-0.15, -0.1) is 0 Å². The van der Waals surface area contributed by atoms with Gasteiger partial charge in [0.2, 0.25) is 0 Å². The zero-order valence-electron chi connectivity index (χ0n) is 28.7. The largest absolute Gasteiger partial charge is 0.456 e. The zero-order chi connectivity index (χ0) is 34.9. The summed E-state index contributed by atoms with van der Waals surface area (Å²) in [6.07, 6.45) is 0. The third-order valence-electron chi connectivity index (χ3n) is 10.6. The summed E-state index contributed by atoms with van der Waals surface area (Å²) >= 11 is 0. The minimum absolute atomic E-state index is 0.848.